The minimum absolute atomic E-state index is 0.309. The average molecular weight is 481 g/mol. The summed E-state index contributed by atoms with van der Waals surface area (Å²) in [5.74, 6) is 0.900. The molecular formula is C31H36N4O. The Morgan fingerprint density at radius 3 is 1.97 bits per heavy atom. The molecule has 0 bridgehead atoms. The maximum absolute atomic E-state index is 6.19. The van der Waals surface area contributed by atoms with Crippen LogP contribution in [0.2, 0.25) is 0 Å². The van der Waals surface area contributed by atoms with Gasteiger partial charge in [0.05, 0.1) is 19.2 Å². The number of hydrogen-bond donors (Lipinski definition) is 0. The van der Waals surface area contributed by atoms with E-state index in [1.54, 1.807) is 0 Å². The van der Waals surface area contributed by atoms with E-state index in [0.29, 0.717) is 12.6 Å². The summed E-state index contributed by atoms with van der Waals surface area (Å²) in [6.07, 6.45) is 3.11. The molecule has 0 radical (unpaired) electrons. The van der Waals surface area contributed by atoms with Gasteiger partial charge in [0.2, 0.25) is 0 Å². The lowest BCUT2D eigenvalue weighted by Gasteiger charge is -2.40. The van der Waals surface area contributed by atoms with Gasteiger partial charge in [0.1, 0.15) is 0 Å². The van der Waals surface area contributed by atoms with Crippen molar-refractivity contribution < 1.29 is 4.84 Å². The normalized spacial score (nSPS) is 17.2. The number of benzene rings is 3. The molecule has 5 heteroatoms. The van der Waals surface area contributed by atoms with Crippen molar-refractivity contribution in [2.24, 2.45) is 4.99 Å². The van der Waals surface area contributed by atoms with E-state index in [2.05, 4.69) is 88.7 Å². The predicted octanol–water partition coefficient (Wildman–Crippen LogP) is 5.38. The minimum Gasteiger partial charge on any atom is -0.301 e. The Balaban J connectivity index is 1.12. The lowest BCUT2D eigenvalue weighted by molar-refractivity contribution is -0.0946. The summed E-state index contributed by atoms with van der Waals surface area (Å²) in [6.45, 7) is 8.81. The summed E-state index contributed by atoms with van der Waals surface area (Å²) >= 11 is 0. The van der Waals surface area contributed by atoms with Crippen molar-refractivity contribution in [2.45, 2.75) is 19.4 Å². The van der Waals surface area contributed by atoms with Crippen molar-refractivity contribution >= 4 is 5.84 Å². The highest BCUT2D eigenvalue weighted by Gasteiger charge is 2.26. The third-order valence-corrected chi connectivity index (χ3v) is 6.97. The van der Waals surface area contributed by atoms with Crippen LogP contribution in [0.3, 0.4) is 0 Å². The molecule has 1 saturated heterocycles. The number of hydrogen-bond acceptors (Lipinski definition) is 5. The second-order valence-corrected chi connectivity index (χ2v) is 9.50. The first-order valence-electron chi connectivity index (χ1n) is 13.1. The van der Waals surface area contributed by atoms with E-state index in [1.165, 1.54) is 11.1 Å². The van der Waals surface area contributed by atoms with Crippen LogP contribution in [0.1, 0.15) is 36.1 Å². The summed E-state index contributed by atoms with van der Waals surface area (Å²) in [6, 6.07) is 32.4. The summed E-state index contributed by atoms with van der Waals surface area (Å²) in [5, 5.41) is 1.94. The van der Waals surface area contributed by atoms with E-state index in [1.807, 2.05) is 30.2 Å². The minimum atomic E-state index is 0.309. The zero-order chi connectivity index (χ0) is 24.6. The number of amidine groups is 1. The fraction of sp³-hybridized carbons (Fsp3) is 0.323. The van der Waals surface area contributed by atoms with E-state index in [9.17, 15) is 0 Å². The third kappa shape index (κ3) is 6.11. The van der Waals surface area contributed by atoms with E-state index >= 15 is 0 Å². The molecule has 0 spiro atoms. The molecule has 2 aliphatic rings. The maximum atomic E-state index is 6.19. The van der Waals surface area contributed by atoms with Crippen LogP contribution < -0.4 is 0 Å². The number of piperazine rings is 1. The Kier molecular flexibility index (Phi) is 8.24. The van der Waals surface area contributed by atoms with Gasteiger partial charge in [0, 0.05) is 44.0 Å². The topological polar surface area (TPSA) is 31.3 Å². The van der Waals surface area contributed by atoms with Gasteiger partial charge in [0.25, 0.3) is 0 Å². The van der Waals surface area contributed by atoms with Crippen LogP contribution in [0.4, 0.5) is 0 Å². The van der Waals surface area contributed by atoms with Gasteiger partial charge in [-0.05, 0) is 30.5 Å². The number of hydroxylamine groups is 2. The number of nitrogens with zero attached hydrogens (tertiary/aromatic N) is 4. The SMILES string of the molecule is CC1=CCN(OCCCN2CCN(C(c3ccccc3)c3ccccc3)CC2)C(c2ccccc2)=N1. The Morgan fingerprint density at radius 1 is 0.778 bits per heavy atom. The average Bonchev–Trinajstić information content (AvgIpc) is 2.94. The molecule has 0 unspecified atom stereocenters. The van der Waals surface area contributed by atoms with Crippen molar-refractivity contribution in [1.29, 1.82) is 0 Å². The van der Waals surface area contributed by atoms with Gasteiger partial charge < -0.3 is 4.90 Å². The number of rotatable bonds is 9. The van der Waals surface area contributed by atoms with Gasteiger partial charge in [-0.1, -0.05) is 91.0 Å². The van der Waals surface area contributed by atoms with Gasteiger partial charge in [-0.15, -0.1) is 0 Å². The predicted molar refractivity (Wildman–Crippen MR) is 147 cm³/mol. The molecule has 3 aromatic carbocycles. The quantitative estimate of drug-likeness (QED) is 0.385. The highest BCUT2D eigenvalue weighted by atomic mass is 16.7. The summed E-state index contributed by atoms with van der Waals surface area (Å²) in [7, 11) is 0. The molecule has 0 amide bonds. The first-order valence-corrected chi connectivity index (χ1v) is 13.1. The third-order valence-electron chi connectivity index (χ3n) is 6.97. The van der Waals surface area contributed by atoms with Gasteiger partial charge in [0.15, 0.2) is 5.84 Å². The molecule has 0 aromatic heterocycles. The molecule has 0 saturated carbocycles. The van der Waals surface area contributed by atoms with Gasteiger partial charge in [-0.2, -0.15) is 0 Å². The summed E-state index contributed by atoms with van der Waals surface area (Å²) in [4.78, 5) is 16.1. The Labute approximate surface area is 215 Å². The van der Waals surface area contributed by atoms with Crippen LogP contribution in [-0.4, -0.2) is 66.6 Å². The van der Waals surface area contributed by atoms with Gasteiger partial charge in [-0.3, -0.25) is 9.74 Å². The van der Waals surface area contributed by atoms with Crippen molar-refractivity contribution in [3.05, 3.63) is 119 Å². The Bertz CT molecular complexity index is 1100. The lowest BCUT2D eigenvalue weighted by atomic mass is 9.96. The van der Waals surface area contributed by atoms with Crippen LogP contribution in [0, 0.1) is 0 Å². The summed E-state index contributed by atoms with van der Waals surface area (Å²) < 4.78 is 0. The zero-order valence-corrected chi connectivity index (χ0v) is 21.2. The monoisotopic (exact) mass is 480 g/mol. The second-order valence-electron chi connectivity index (χ2n) is 9.50. The second kappa shape index (κ2) is 12.1. The van der Waals surface area contributed by atoms with Gasteiger partial charge >= 0.3 is 0 Å². The van der Waals surface area contributed by atoms with Crippen LogP contribution in [-0.2, 0) is 4.84 Å². The van der Waals surface area contributed by atoms with Crippen molar-refractivity contribution in [3.63, 3.8) is 0 Å². The van der Waals surface area contributed by atoms with E-state index in [0.717, 1.165) is 62.8 Å². The Morgan fingerprint density at radius 2 is 1.36 bits per heavy atom. The molecule has 3 aromatic rings. The maximum Gasteiger partial charge on any atom is 0.160 e. The number of aliphatic imine (C=N–C) groups is 1. The van der Waals surface area contributed by atoms with Crippen molar-refractivity contribution in [3.8, 4) is 0 Å². The molecule has 5 nitrogen and oxygen atoms in total. The van der Waals surface area contributed by atoms with E-state index in [-0.39, 0.29) is 0 Å². The van der Waals surface area contributed by atoms with E-state index in [4.69, 9.17) is 9.83 Å². The van der Waals surface area contributed by atoms with E-state index < -0.39 is 0 Å². The van der Waals surface area contributed by atoms with Crippen LogP contribution in [0.15, 0.2) is 108 Å². The molecular weight excluding hydrogens is 444 g/mol. The largest absolute Gasteiger partial charge is 0.301 e. The molecule has 0 aliphatic carbocycles. The standard InChI is InChI=1S/C31H36N4O/c1-26-18-20-35(31(32-26)29-16-9-4-10-17-29)36-25-11-19-33-21-23-34(24-22-33)30(27-12-5-2-6-13-27)28-14-7-3-8-15-28/h2-10,12-18,30H,11,19-25H2,1H3. The molecule has 0 atom stereocenters. The molecule has 36 heavy (non-hydrogen) atoms. The van der Waals surface area contributed by atoms with Crippen molar-refractivity contribution in [2.75, 3.05) is 45.9 Å². The highest BCUT2D eigenvalue weighted by Crippen LogP contribution is 2.29. The fourth-order valence-electron chi connectivity index (χ4n) is 5.07. The zero-order valence-electron chi connectivity index (χ0n) is 21.2. The summed E-state index contributed by atoms with van der Waals surface area (Å²) in [5.41, 5.74) is 4.86. The van der Waals surface area contributed by atoms with Gasteiger partial charge in [-0.25, -0.2) is 10.1 Å². The van der Waals surface area contributed by atoms with Crippen LogP contribution >= 0.6 is 0 Å². The first kappa shape index (κ1) is 24.4. The van der Waals surface area contributed by atoms with Crippen LogP contribution in [0.25, 0.3) is 0 Å². The molecule has 186 valence electrons. The molecule has 1 fully saturated rings. The molecule has 2 aliphatic heterocycles. The molecule has 5 rings (SSSR count). The lowest BCUT2D eigenvalue weighted by Crippen LogP contribution is -2.48. The van der Waals surface area contributed by atoms with Crippen molar-refractivity contribution in [1.82, 2.24) is 14.9 Å². The molecule has 2 heterocycles. The Hall–Kier alpha value is -3.25. The highest BCUT2D eigenvalue weighted by molar-refractivity contribution is 5.99. The fourth-order valence-corrected chi connectivity index (χ4v) is 5.07. The molecule has 0 N–H and O–H groups in total. The first-order chi connectivity index (χ1) is 17.8. The van der Waals surface area contributed by atoms with Crippen LogP contribution in [0.5, 0.6) is 0 Å². The number of allylic oxidation sites excluding steroid dienone is 1. The smallest absolute Gasteiger partial charge is 0.160 e.